The van der Waals surface area contributed by atoms with Gasteiger partial charge in [0, 0.05) is 54.3 Å². The average molecular weight is 502 g/mol. The molecule has 2 heterocycles. The first-order valence-electron chi connectivity index (χ1n) is 12.0. The van der Waals surface area contributed by atoms with E-state index in [1.807, 2.05) is 36.4 Å². The lowest BCUT2D eigenvalue weighted by molar-refractivity contribution is -0.135. The molecule has 1 aliphatic heterocycles. The van der Waals surface area contributed by atoms with Crippen LogP contribution in [-0.2, 0) is 9.53 Å². The molecule has 1 fully saturated rings. The molecule has 1 saturated heterocycles. The number of aromatic hydroxyl groups is 2. The SMILES string of the molecule is COc1ccccc1C(CC(=O)N1CCOCC1)c1c(O)cc(O)c2c(=O)cc(-c3ccccc3)oc12. The van der Waals surface area contributed by atoms with Gasteiger partial charge in [0.15, 0.2) is 5.43 Å². The first-order valence-corrected chi connectivity index (χ1v) is 12.0. The third-order valence-electron chi connectivity index (χ3n) is 6.66. The summed E-state index contributed by atoms with van der Waals surface area (Å²) in [6.07, 6.45) is -0.0208. The molecule has 1 unspecified atom stereocenters. The lowest BCUT2D eigenvalue weighted by Gasteiger charge is -2.29. The average Bonchev–Trinajstić information content (AvgIpc) is 2.92. The number of phenols is 2. The van der Waals surface area contributed by atoms with Gasteiger partial charge in [-0.3, -0.25) is 9.59 Å². The van der Waals surface area contributed by atoms with Crippen LogP contribution >= 0.6 is 0 Å². The summed E-state index contributed by atoms with van der Waals surface area (Å²) in [7, 11) is 1.53. The zero-order chi connectivity index (χ0) is 25.9. The molecule has 8 heteroatoms. The highest BCUT2D eigenvalue weighted by Crippen LogP contribution is 2.45. The van der Waals surface area contributed by atoms with Crippen molar-refractivity contribution in [2.45, 2.75) is 12.3 Å². The van der Waals surface area contributed by atoms with Gasteiger partial charge in [-0.1, -0.05) is 48.5 Å². The second kappa shape index (κ2) is 10.4. The van der Waals surface area contributed by atoms with E-state index in [2.05, 4.69) is 0 Å². The summed E-state index contributed by atoms with van der Waals surface area (Å²) in [6.45, 7) is 1.83. The minimum Gasteiger partial charge on any atom is -0.507 e. The van der Waals surface area contributed by atoms with Crippen molar-refractivity contribution in [1.82, 2.24) is 4.90 Å². The number of rotatable bonds is 6. The van der Waals surface area contributed by atoms with Crippen LogP contribution in [0.3, 0.4) is 0 Å². The van der Waals surface area contributed by atoms with E-state index in [0.29, 0.717) is 43.2 Å². The first kappa shape index (κ1) is 24.4. The van der Waals surface area contributed by atoms with Crippen LogP contribution in [0.5, 0.6) is 17.2 Å². The predicted molar refractivity (Wildman–Crippen MR) is 138 cm³/mol. The lowest BCUT2D eigenvalue weighted by atomic mass is 9.85. The summed E-state index contributed by atoms with van der Waals surface area (Å²) in [5, 5.41) is 21.7. The zero-order valence-corrected chi connectivity index (χ0v) is 20.3. The minimum atomic E-state index is -0.733. The smallest absolute Gasteiger partial charge is 0.223 e. The number of methoxy groups -OCH3 is 1. The van der Waals surface area contributed by atoms with E-state index in [4.69, 9.17) is 13.9 Å². The highest BCUT2D eigenvalue weighted by Gasteiger charge is 2.31. The number of amides is 1. The number of benzene rings is 3. The first-order chi connectivity index (χ1) is 18.0. The third-order valence-corrected chi connectivity index (χ3v) is 6.66. The van der Waals surface area contributed by atoms with Crippen LogP contribution in [0.4, 0.5) is 0 Å². The Morgan fingerprint density at radius 1 is 1.00 bits per heavy atom. The fourth-order valence-corrected chi connectivity index (χ4v) is 4.84. The van der Waals surface area contributed by atoms with Crippen molar-refractivity contribution in [2.24, 2.45) is 0 Å². The van der Waals surface area contributed by atoms with Crippen LogP contribution in [0.25, 0.3) is 22.3 Å². The molecule has 0 radical (unpaired) electrons. The maximum absolute atomic E-state index is 13.4. The summed E-state index contributed by atoms with van der Waals surface area (Å²) in [5.74, 6) is -0.760. The normalized spacial score (nSPS) is 14.5. The molecule has 1 aliphatic rings. The van der Waals surface area contributed by atoms with Gasteiger partial charge in [-0.05, 0) is 6.07 Å². The van der Waals surface area contributed by atoms with Crippen molar-refractivity contribution in [3.05, 3.63) is 88.1 Å². The number of hydrogen-bond donors (Lipinski definition) is 2. The molecule has 4 aromatic rings. The van der Waals surface area contributed by atoms with Crippen molar-refractivity contribution < 1.29 is 28.9 Å². The molecular weight excluding hydrogens is 474 g/mol. The Morgan fingerprint density at radius 2 is 1.70 bits per heavy atom. The Bertz CT molecular complexity index is 1490. The molecule has 0 bridgehead atoms. The fourth-order valence-electron chi connectivity index (χ4n) is 4.84. The lowest BCUT2D eigenvalue weighted by Crippen LogP contribution is -2.41. The Kier molecular flexibility index (Phi) is 6.83. The van der Waals surface area contributed by atoms with E-state index in [0.717, 1.165) is 6.07 Å². The Balaban J connectivity index is 1.75. The highest BCUT2D eigenvalue weighted by molar-refractivity contribution is 5.91. The largest absolute Gasteiger partial charge is 0.507 e. The van der Waals surface area contributed by atoms with Crippen molar-refractivity contribution in [1.29, 1.82) is 0 Å². The molecule has 3 aromatic carbocycles. The predicted octanol–water partition coefficient (Wildman–Crippen LogP) is 4.26. The van der Waals surface area contributed by atoms with Gasteiger partial charge in [-0.25, -0.2) is 0 Å². The van der Waals surface area contributed by atoms with E-state index in [1.54, 1.807) is 23.1 Å². The van der Waals surface area contributed by atoms with Gasteiger partial charge in [0.05, 0.1) is 20.3 Å². The van der Waals surface area contributed by atoms with Gasteiger partial charge in [-0.2, -0.15) is 0 Å². The standard InChI is InChI=1S/C29H27NO7/c1-35-24-10-6-5-9-19(24)20(15-26(34)30-11-13-36-14-12-30)27-21(31)16-22(32)28-23(33)17-25(37-29(27)28)18-7-3-2-4-8-18/h2-10,16-17,20,31-32H,11-15H2,1H3. The second-order valence-corrected chi connectivity index (χ2v) is 8.87. The fraction of sp³-hybridized carbons (Fsp3) is 0.241. The van der Waals surface area contributed by atoms with Gasteiger partial charge in [0.1, 0.15) is 34.0 Å². The third kappa shape index (κ3) is 4.75. The number of hydrogen-bond acceptors (Lipinski definition) is 7. The van der Waals surface area contributed by atoms with Crippen LogP contribution in [0, 0.1) is 0 Å². The number of fused-ring (bicyclic) bond motifs is 1. The summed E-state index contributed by atoms with van der Waals surface area (Å²) in [5.41, 5.74) is 1.09. The molecule has 5 rings (SSSR count). The number of nitrogens with zero attached hydrogens (tertiary/aromatic N) is 1. The number of phenolic OH excluding ortho intramolecular Hbond substituents is 2. The molecule has 1 amide bonds. The van der Waals surface area contributed by atoms with Crippen molar-refractivity contribution in [3.63, 3.8) is 0 Å². The van der Waals surface area contributed by atoms with Gasteiger partial charge >= 0.3 is 0 Å². The van der Waals surface area contributed by atoms with E-state index in [9.17, 15) is 19.8 Å². The van der Waals surface area contributed by atoms with E-state index in [-0.39, 0.29) is 40.4 Å². The summed E-state index contributed by atoms with van der Waals surface area (Å²) < 4.78 is 17.2. The Morgan fingerprint density at radius 3 is 2.43 bits per heavy atom. The molecule has 1 atom stereocenters. The van der Waals surface area contributed by atoms with Gasteiger partial charge in [-0.15, -0.1) is 0 Å². The maximum atomic E-state index is 13.4. The molecule has 8 nitrogen and oxygen atoms in total. The Hall–Kier alpha value is -4.30. The van der Waals surface area contributed by atoms with E-state index in [1.165, 1.54) is 13.2 Å². The second-order valence-electron chi connectivity index (χ2n) is 8.87. The van der Waals surface area contributed by atoms with Crippen molar-refractivity contribution >= 4 is 16.9 Å². The quantitative estimate of drug-likeness (QED) is 0.406. The molecule has 0 aliphatic carbocycles. The summed E-state index contributed by atoms with van der Waals surface area (Å²) in [6, 6.07) is 18.7. The number of carbonyl (C=O) groups excluding carboxylic acids is 1. The van der Waals surface area contributed by atoms with Gasteiger partial charge in [0.25, 0.3) is 0 Å². The monoisotopic (exact) mass is 501 g/mol. The molecule has 2 N–H and O–H groups in total. The van der Waals surface area contributed by atoms with Crippen molar-refractivity contribution in [3.8, 4) is 28.6 Å². The molecule has 0 spiro atoms. The number of carbonyl (C=O) groups is 1. The summed E-state index contributed by atoms with van der Waals surface area (Å²) >= 11 is 0. The van der Waals surface area contributed by atoms with Crippen LogP contribution in [0.15, 0.2) is 75.9 Å². The van der Waals surface area contributed by atoms with Crippen LogP contribution in [0.1, 0.15) is 23.5 Å². The van der Waals surface area contributed by atoms with Crippen molar-refractivity contribution in [2.75, 3.05) is 33.4 Å². The molecule has 37 heavy (non-hydrogen) atoms. The maximum Gasteiger partial charge on any atom is 0.223 e. The van der Waals surface area contributed by atoms with Gasteiger partial charge < -0.3 is 29.0 Å². The van der Waals surface area contributed by atoms with Gasteiger partial charge in [0.2, 0.25) is 5.91 Å². The zero-order valence-electron chi connectivity index (χ0n) is 20.3. The molecular formula is C29H27NO7. The minimum absolute atomic E-state index is 0.0208. The number of ether oxygens (including phenoxy) is 2. The molecule has 1 aromatic heterocycles. The Labute approximate surface area is 213 Å². The number of para-hydroxylation sites is 1. The molecule has 0 saturated carbocycles. The summed E-state index contributed by atoms with van der Waals surface area (Å²) in [4.78, 5) is 28.3. The topological polar surface area (TPSA) is 109 Å². The highest BCUT2D eigenvalue weighted by atomic mass is 16.5. The van der Waals surface area contributed by atoms with E-state index >= 15 is 0 Å². The van der Waals surface area contributed by atoms with Crippen LogP contribution in [-0.4, -0.2) is 54.4 Å². The van der Waals surface area contributed by atoms with Crippen LogP contribution < -0.4 is 10.2 Å². The molecule has 190 valence electrons. The number of morpholine rings is 1. The van der Waals surface area contributed by atoms with Crippen LogP contribution in [0.2, 0.25) is 0 Å². The van der Waals surface area contributed by atoms with E-state index < -0.39 is 17.1 Å².